The molecule has 6 heteroatoms. The summed E-state index contributed by atoms with van der Waals surface area (Å²) in [6.45, 7) is 7.56. The number of rotatable bonds is 8. The molecule has 1 fully saturated rings. The second-order valence-electron chi connectivity index (χ2n) is 6.19. The Kier molecular flexibility index (Phi) is 9.95. The number of amides is 1. The summed E-state index contributed by atoms with van der Waals surface area (Å²) in [5, 5.41) is 6.30. The number of ether oxygens (including phenoxy) is 2. The highest BCUT2D eigenvalue weighted by molar-refractivity contribution is 5.92. The smallest absolute Gasteiger partial charge is 0.227 e. The minimum Gasteiger partial charge on any atom is -0.376 e. The molecule has 1 aromatic rings. The number of carbonyl (C=O) groups is 1. The van der Waals surface area contributed by atoms with Crippen LogP contribution in [-0.4, -0.2) is 38.3 Å². The molecule has 0 radical (unpaired) electrons. The summed E-state index contributed by atoms with van der Waals surface area (Å²) >= 11 is 0. The van der Waals surface area contributed by atoms with Crippen LogP contribution in [0.1, 0.15) is 32.3 Å². The number of carbonyl (C=O) groups excluding carboxylic acids is 1. The number of anilines is 1. The Balaban J connectivity index is 0.00000288. The van der Waals surface area contributed by atoms with Crippen LogP contribution in [0.5, 0.6) is 0 Å². The standard InChI is InChI=1S/C18H28N2O3.ClH/c1-14(2)23-11-10-22-13-15-4-3-5-17(12-15)20-18(21)16-6-8-19-9-7-16;/h3-5,12,14,16,19H,6-11,13H2,1-2H3,(H,20,21);1H. The highest BCUT2D eigenvalue weighted by Gasteiger charge is 2.20. The van der Waals surface area contributed by atoms with E-state index in [1.807, 2.05) is 38.1 Å². The Morgan fingerprint density at radius 3 is 2.75 bits per heavy atom. The van der Waals surface area contributed by atoms with Gasteiger partial charge in [0, 0.05) is 11.6 Å². The van der Waals surface area contributed by atoms with Crippen molar-refractivity contribution in [3.63, 3.8) is 0 Å². The highest BCUT2D eigenvalue weighted by atomic mass is 35.5. The lowest BCUT2D eigenvalue weighted by Gasteiger charge is -2.21. The van der Waals surface area contributed by atoms with E-state index in [2.05, 4.69) is 10.6 Å². The summed E-state index contributed by atoms with van der Waals surface area (Å²) in [6.07, 6.45) is 2.04. The third kappa shape index (κ3) is 7.62. The number of hydrogen-bond acceptors (Lipinski definition) is 4. The van der Waals surface area contributed by atoms with Crippen LogP contribution in [0.3, 0.4) is 0 Å². The van der Waals surface area contributed by atoms with Crippen molar-refractivity contribution in [3.05, 3.63) is 29.8 Å². The predicted molar refractivity (Wildman–Crippen MR) is 98.7 cm³/mol. The third-order valence-corrected chi connectivity index (χ3v) is 3.85. The summed E-state index contributed by atoms with van der Waals surface area (Å²) in [4.78, 5) is 12.3. The summed E-state index contributed by atoms with van der Waals surface area (Å²) in [6, 6.07) is 7.84. The molecule has 1 amide bonds. The molecule has 1 aromatic carbocycles. The Morgan fingerprint density at radius 2 is 2.04 bits per heavy atom. The van der Waals surface area contributed by atoms with Gasteiger partial charge in [0.25, 0.3) is 0 Å². The van der Waals surface area contributed by atoms with Gasteiger partial charge in [-0.25, -0.2) is 0 Å². The maximum Gasteiger partial charge on any atom is 0.227 e. The fourth-order valence-electron chi connectivity index (χ4n) is 2.60. The molecule has 2 rings (SSSR count). The number of hydrogen-bond donors (Lipinski definition) is 2. The van der Waals surface area contributed by atoms with Crippen LogP contribution in [-0.2, 0) is 20.9 Å². The van der Waals surface area contributed by atoms with Crippen molar-refractivity contribution in [2.24, 2.45) is 5.92 Å². The van der Waals surface area contributed by atoms with E-state index in [1.54, 1.807) is 0 Å². The van der Waals surface area contributed by atoms with Gasteiger partial charge in [0.1, 0.15) is 0 Å². The maximum absolute atomic E-state index is 12.3. The van der Waals surface area contributed by atoms with Gasteiger partial charge in [-0.05, 0) is 57.5 Å². The molecule has 0 aromatic heterocycles. The van der Waals surface area contributed by atoms with Crippen molar-refractivity contribution in [2.75, 3.05) is 31.6 Å². The van der Waals surface area contributed by atoms with Crippen molar-refractivity contribution < 1.29 is 14.3 Å². The number of benzene rings is 1. The van der Waals surface area contributed by atoms with Gasteiger partial charge in [-0.3, -0.25) is 4.79 Å². The van der Waals surface area contributed by atoms with E-state index in [0.717, 1.165) is 37.2 Å². The van der Waals surface area contributed by atoms with Crippen LogP contribution in [0.25, 0.3) is 0 Å². The topological polar surface area (TPSA) is 59.6 Å². The largest absolute Gasteiger partial charge is 0.376 e. The minimum atomic E-state index is 0. The van der Waals surface area contributed by atoms with E-state index in [1.165, 1.54) is 0 Å². The number of halogens is 1. The molecular weight excluding hydrogens is 328 g/mol. The lowest BCUT2D eigenvalue weighted by molar-refractivity contribution is -0.120. The molecule has 0 saturated carbocycles. The van der Waals surface area contributed by atoms with E-state index in [9.17, 15) is 4.79 Å². The molecule has 0 bridgehead atoms. The first kappa shape index (κ1) is 20.9. The average Bonchev–Trinajstić information content (AvgIpc) is 2.55. The van der Waals surface area contributed by atoms with E-state index in [4.69, 9.17) is 9.47 Å². The molecule has 1 heterocycles. The van der Waals surface area contributed by atoms with Crippen LogP contribution >= 0.6 is 12.4 Å². The summed E-state index contributed by atoms with van der Waals surface area (Å²) in [7, 11) is 0. The second kappa shape index (κ2) is 11.4. The van der Waals surface area contributed by atoms with Crippen molar-refractivity contribution in [3.8, 4) is 0 Å². The molecule has 1 aliphatic rings. The van der Waals surface area contributed by atoms with Crippen molar-refractivity contribution in [1.29, 1.82) is 0 Å². The molecular formula is C18H29ClN2O3. The quantitative estimate of drug-likeness (QED) is 0.703. The van der Waals surface area contributed by atoms with Crippen molar-refractivity contribution in [1.82, 2.24) is 5.32 Å². The molecule has 0 atom stereocenters. The summed E-state index contributed by atoms with van der Waals surface area (Å²) < 4.78 is 11.0. The lowest BCUT2D eigenvalue weighted by Crippen LogP contribution is -2.34. The molecule has 136 valence electrons. The maximum atomic E-state index is 12.3. The van der Waals surface area contributed by atoms with Crippen LogP contribution in [0.4, 0.5) is 5.69 Å². The van der Waals surface area contributed by atoms with Crippen LogP contribution in [0.2, 0.25) is 0 Å². The molecule has 24 heavy (non-hydrogen) atoms. The first-order valence-corrected chi connectivity index (χ1v) is 8.45. The van der Waals surface area contributed by atoms with Gasteiger partial charge in [0.15, 0.2) is 0 Å². The summed E-state index contributed by atoms with van der Waals surface area (Å²) in [5.41, 5.74) is 1.89. The van der Waals surface area contributed by atoms with Crippen LogP contribution < -0.4 is 10.6 Å². The number of nitrogens with one attached hydrogen (secondary N) is 2. The molecule has 0 spiro atoms. The minimum absolute atomic E-state index is 0. The first-order chi connectivity index (χ1) is 11.1. The summed E-state index contributed by atoms with van der Waals surface area (Å²) in [5.74, 6) is 0.235. The van der Waals surface area contributed by atoms with E-state index in [0.29, 0.717) is 19.8 Å². The zero-order valence-corrected chi connectivity index (χ0v) is 15.4. The average molecular weight is 357 g/mol. The normalized spacial score (nSPS) is 15.1. The Hall–Kier alpha value is -1.14. The van der Waals surface area contributed by atoms with Gasteiger partial charge in [-0.15, -0.1) is 12.4 Å². The Bertz CT molecular complexity index is 491. The van der Waals surface area contributed by atoms with Gasteiger partial charge >= 0.3 is 0 Å². The second-order valence-corrected chi connectivity index (χ2v) is 6.19. The van der Waals surface area contributed by atoms with E-state index < -0.39 is 0 Å². The van der Waals surface area contributed by atoms with Crippen LogP contribution in [0.15, 0.2) is 24.3 Å². The molecule has 0 unspecified atom stereocenters. The van der Waals surface area contributed by atoms with Gasteiger partial charge in [-0.1, -0.05) is 12.1 Å². The van der Waals surface area contributed by atoms with Crippen molar-refractivity contribution >= 4 is 24.0 Å². The molecule has 5 nitrogen and oxygen atoms in total. The SMILES string of the molecule is CC(C)OCCOCc1cccc(NC(=O)C2CCNCC2)c1.Cl. The first-order valence-electron chi connectivity index (χ1n) is 8.45. The number of piperidine rings is 1. The fraction of sp³-hybridized carbons (Fsp3) is 0.611. The monoisotopic (exact) mass is 356 g/mol. The van der Waals surface area contributed by atoms with Gasteiger partial charge in [0.2, 0.25) is 5.91 Å². The third-order valence-electron chi connectivity index (χ3n) is 3.85. The van der Waals surface area contributed by atoms with Gasteiger partial charge < -0.3 is 20.1 Å². The predicted octanol–water partition coefficient (Wildman–Crippen LogP) is 2.99. The zero-order chi connectivity index (χ0) is 16.5. The lowest BCUT2D eigenvalue weighted by atomic mass is 9.97. The Labute approximate surface area is 150 Å². The Morgan fingerprint density at radius 1 is 1.29 bits per heavy atom. The molecule has 1 saturated heterocycles. The van der Waals surface area contributed by atoms with Crippen LogP contribution in [0, 0.1) is 5.92 Å². The van der Waals surface area contributed by atoms with Crippen molar-refractivity contribution in [2.45, 2.75) is 39.4 Å². The molecule has 2 N–H and O–H groups in total. The molecule has 0 aliphatic carbocycles. The van der Waals surface area contributed by atoms with Gasteiger partial charge in [-0.2, -0.15) is 0 Å². The fourth-order valence-corrected chi connectivity index (χ4v) is 2.60. The highest BCUT2D eigenvalue weighted by Crippen LogP contribution is 2.17. The van der Waals surface area contributed by atoms with Gasteiger partial charge in [0.05, 0.1) is 25.9 Å². The van der Waals surface area contributed by atoms with E-state index in [-0.39, 0.29) is 30.3 Å². The zero-order valence-electron chi connectivity index (χ0n) is 14.5. The molecule has 1 aliphatic heterocycles. The van der Waals surface area contributed by atoms with E-state index >= 15 is 0 Å².